The van der Waals surface area contributed by atoms with Crippen molar-refractivity contribution in [3.8, 4) is 11.3 Å². The Bertz CT molecular complexity index is 500. The third kappa shape index (κ3) is 2.11. The molecule has 16 heavy (non-hydrogen) atoms. The summed E-state index contributed by atoms with van der Waals surface area (Å²) in [5.41, 5.74) is 2.97. The fraction of sp³-hybridized carbons (Fsp3) is 0.167. The van der Waals surface area contributed by atoms with Crippen LogP contribution in [0.5, 0.6) is 0 Å². The maximum absolute atomic E-state index is 10.6. The lowest BCUT2D eigenvalue weighted by atomic mass is 10.1. The number of rotatable bonds is 3. The summed E-state index contributed by atoms with van der Waals surface area (Å²) in [6, 6.07) is 9.73. The normalized spacial score (nSPS) is 10.3. The van der Waals surface area contributed by atoms with E-state index in [1.54, 1.807) is 6.20 Å². The van der Waals surface area contributed by atoms with Crippen molar-refractivity contribution in [2.45, 2.75) is 13.5 Å². The minimum Gasteiger partial charge on any atom is -0.480 e. The SMILES string of the molecule is Cc1ccc(-c2ccnn2CC(=O)O)cc1. The van der Waals surface area contributed by atoms with Gasteiger partial charge in [0.2, 0.25) is 0 Å². The van der Waals surface area contributed by atoms with Gasteiger partial charge in [0.05, 0.1) is 5.69 Å². The highest BCUT2D eigenvalue weighted by molar-refractivity contribution is 5.68. The number of aryl methyl sites for hydroxylation is 1. The number of aliphatic carboxylic acids is 1. The summed E-state index contributed by atoms with van der Waals surface area (Å²) < 4.78 is 1.48. The summed E-state index contributed by atoms with van der Waals surface area (Å²) in [6.07, 6.45) is 1.61. The van der Waals surface area contributed by atoms with Gasteiger partial charge in [0.15, 0.2) is 0 Å². The molecule has 4 heteroatoms. The second kappa shape index (κ2) is 4.18. The molecule has 1 aromatic heterocycles. The highest BCUT2D eigenvalue weighted by atomic mass is 16.4. The van der Waals surface area contributed by atoms with Crippen molar-refractivity contribution in [1.82, 2.24) is 9.78 Å². The zero-order chi connectivity index (χ0) is 11.5. The van der Waals surface area contributed by atoms with Gasteiger partial charge in [-0.1, -0.05) is 29.8 Å². The van der Waals surface area contributed by atoms with Crippen LogP contribution in [0.1, 0.15) is 5.56 Å². The van der Waals surface area contributed by atoms with Crippen LogP contribution in [-0.4, -0.2) is 20.9 Å². The Labute approximate surface area is 93.1 Å². The van der Waals surface area contributed by atoms with Crippen LogP contribution in [0.2, 0.25) is 0 Å². The van der Waals surface area contributed by atoms with Crippen LogP contribution < -0.4 is 0 Å². The number of aromatic nitrogens is 2. The van der Waals surface area contributed by atoms with Crippen LogP contribution in [0, 0.1) is 6.92 Å². The van der Waals surface area contributed by atoms with E-state index in [4.69, 9.17) is 5.11 Å². The lowest BCUT2D eigenvalue weighted by Crippen LogP contribution is -2.11. The maximum atomic E-state index is 10.6. The van der Waals surface area contributed by atoms with Crippen molar-refractivity contribution >= 4 is 5.97 Å². The van der Waals surface area contributed by atoms with E-state index >= 15 is 0 Å². The quantitative estimate of drug-likeness (QED) is 0.853. The molecule has 1 aromatic carbocycles. The first kappa shape index (κ1) is 10.4. The molecule has 0 saturated carbocycles. The van der Waals surface area contributed by atoms with Crippen LogP contribution in [0.4, 0.5) is 0 Å². The first-order chi connectivity index (χ1) is 7.66. The van der Waals surface area contributed by atoms with Crippen molar-refractivity contribution in [3.63, 3.8) is 0 Å². The summed E-state index contributed by atoms with van der Waals surface area (Å²) in [5.74, 6) is -0.892. The van der Waals surface area contributed by atoms with Crippen molar-refractivity contribution < 1.29 is 9.90 Å². The third-order valence-electron chi connectivity index (χ3n) is 2.35. The van der Waals surface area contributed by atoms with E-state index in [9.17, 15) is 4.79 Å². The van der Waals surface area contributed by atoms with Gasteiger partial charge in [0.25, 0.3) is 0 Å². The summed E-state index contributed by atoms with van der Waals surface area (Å²) in [6.45, 7) is 1.90. The average molecular weight is 216 g/mol. The van der Waals surface area contributed by atoms with Gasteiger partial charge in [0.1, 0.15) is 6.54 Å². The van der Waals surface area contributed by atoms with Crippen LogP contribution in [-0.2, 0) is 11.3 Å². The number of carboxylic acid groups (broad SMARTS) is 1. The van der Waals surface area contributed by atoms with Gasteiger partial charge in [-0.25, -0.2) is 0 Å². The molecule has 0 atom stereocenters. The highest BCUT2D eigenvalue weighted by Gasteiger charge is 2.07. The molecule has 2 rings (SSSR count). The van der Waals surface area contributed by atoms with Gasteiger partial charge in [-0.3, -0.25) is 9.48 Å². The van der Waals surface area contributed by atoms with Gasteiger partial charge in [0, 0.05) is 6.20 Å². The van der Waals surface area contributed by atoms with Crippen LogP contribution in [0.3, 0.4) is 0 Å². The van der Waals surface area contributed by atoms with Gasteiger partial charge >= 0.3 is 5.97 Å². The molecule has 82 valence electrons. The predicted octanol–water partition coefficient (Wildman–Crippen LogP) is 1.94. The zero-order valence-corrected chi connectivity index (χ0v) is 8.92. The smallest absolute Gasteiger partial charge is 0.325 e. The molecule has 0 aliphatic rings. The number of hydrogen-bond acceptors (Lipinski definition) is 2. The van der Waals surface area contributed by atoms with E-state index in [1.165, 1.54) is 10.2 Å². The van der Waals surface area contributed by atoms with Crippen molar-refractivity contribution in [3.05, 3.63) is 42.1 Å². The van der Waals surface area contributed by atoms with E-state index in [1.807, 2.05) is 37.3 Å². The Balaban J connectivity index is 2.36. The minimum atomic E-state index is -0.892. The van der Waals surface area contributed by atoms with E-state index in [-0.39, 0.29) is 6.54 Å². The van der Waals surface area contributed by atoms with Gasteiger partial charge in [-0.05, 0) is 18.6 Å². The predicted molar refractivity (Wildman–Crippen MR) is 60.0 cm³/mol. The van der Waals surface area contributed by atoms with E-state index in [0.717, 1.165) is 11.3 Å². The monoisotopic (exact) mass is 216 g/mol. The molecule has 0 radical (unpaired) electrons. The molecular formula is C12H12N2O2. The Morgan fingerprint density at radius 1 is 1.31 bits per heavy atom. The molecule has 0 fully saturated rings. The molecule has 0 amide bonds. The second-order valence-electron chi connectivity index (χ2n) is 3.63. The Hall–Kier alpha value is -2.10. The molecular weight excluding hydrogens is 204 g/mol. The Kier molecular flexibility index (Phi) is 2.72. The number of carboxylic acids is 1. The van der Waals surface area contributed by atoms with Crippen molar-refractivity contribution in [2.75, 3.05) is 0 Å². The second-order valence-corrected chi connectivity index (χ2v) is 3.63. The molecule has 2 aromatic rings. The molecule has 1 heterocycles. The molecule has 4 nitrogen and oxygen atoms in total. The van der Waals surface area contributed by atoms with Crippen LogP contribution >= 0.6 is 0 Å². The molecule has 0 bridgehead atoms. The number of nitrogens with zero attached hydrogens (tertiary/aromatic N) is 2. The van der Waals surface area contributed by atoms with Crippen molar-refractivity contribution in [2.24, 2.45) is 0 Å². The van der Waals surface area contributed by atoms with Crippen LogP contribution in [0.15, 0.2) is 36.5 Å². The summed E-state index contributed by atoms with van der Waals surface area (Å²) in [4.78, 5) is 10.6. The molecule has 0 aliphatic carbocycles. The summed E-state index contributed by atoms with van der Waals surface area (Å²) in [5, 5.41) is 12.7. The van der Waals surface area contributed by atoms with Gasteiger partial charge < -0.3 is 5.11 Å². The standard InChI is InChI=1S/C12H12N2O2/c1-9-2-4-10(5-3-9)11-6-7-13-14(11)8-12(15)16/h2-7H,8H2,1H3,(H,15,16). The molecule has 0 aliphatic heterocycles. The van der Waals surface area contributed by atoms with Crippen LogP contribution in [0.25, 0.3) is 11.3 Å². The fourth-order valence-corrected chi connectivity index (χ4v) is 1.56. The number of carbonyl (C=O) groups is 1. The first-order valence-corrected chi connectivity index (χ1v) is 4.97. The number of benzene rings is 1. The lowest BCUT2D eigenvalue weighted by Gasteiger charge is -2.05. The summed E-state index contributed by atoms with van der Waals surface area (Å²) >= 11 is 0. The molecule has 0 saturated heterocycles. The van der Waals surface area contributed by atoms with Gasteiger partial charge in [-0.15, -0.1) is 0 Å². The van der Waals surface area contributed by atoms with E-state index in [0.29, 0.717) is 0 Å². The average Bonchev–Trinajstić information content (AvgIpc) is 2.66. The molecule has 0 spiro atoms. The minimum absolute atomic E-state index is 0.115. The Morgan fingerprint density at radius 3 is 2.62 bits per heavy atom. The third-order valence-corrected chi connectivity index (χ3v) is 2.35. The number of hydrogen-bond donors (Lipinski definition) is 1. The first-order valence-electron chi connectivity index (χ1n) is 4.97. The Morgan fingerprint density at radius 2 is 2.00 bits per heavy atom. The topological polar surface area (TPSA) is 55.1 Å². The lowest BCUT2D eigenvalue weighted by molar-refractivity contribution is -0.137. The van der Waals surface area contributed by atoms with E-state index < -0.39 is 5.97 Å². The van der Waals surface area contributed by atoms with Gasteiger partial charge in [-0.2, -0.15) is 5.10 Å². The summed E-state index contributed by atoms with van der Waals surface area (Å²) in [7, 11) is 0. The van der Waals surface area contributed by atoms with Crippen molar-refractivity contribution in [1.29, 1.82) is 0 Å². The molecule has 1 N–H and O–H groups in total. The highest BCUT2D eigenvalue weighted by Crippen LogP contribution is 2.19. The largest absolute Gasteiger partial charge is 0.480 e. The zero-order valence-electron chi connectivity index (χ0n) is 8.92. The maximum Gasteiger partial charge on any atom is 0.325 e. The molecule has 0 unspecified atom stereocenters. The van der Waals surface area contributed by atoms with E-state index in [2.05, 4.69) is 5.10 Å². The fourth-order valence-electron chi connectivity index (χ4n) is 1.56.